The lowest BCUT2D eigenvalue weighted by atomic mass is 10.1. The van der Waals surface area contributed by atoms with E-state index in [1.807, 2.05) is 35.9 Å². The van der Waals surface area contributed by atoms with Crippen LogP contribution in [0.25, 0.3) is 0 Å². The van der Waals surface area contributed by atoms with Crippen molar-refractivity contribution in [1.82, 2.24) is 9.78 Å². The zero-order valence-corrected chi connectivity index (χ0v) is 14.0. The van der Waals surface area contributed by atoms with Crippen LogP contribution in [0.15, 0.2) is 30.5 Å². The fraction of sp³-hybridized carbons (Fsp3) is 0.444. The van der Waals surface area contributed by atoms with Crippen LogP contribution in [-0.2, 0) is 19.4 Å². The lowest BCUT2D eigenvalue weighted by molar-refractivity contribution is 0.102. The molecule has 1 heterocycles. The first kappa shape index (κ1) is 17.2. The van der Waals surface area contributed by atoms with Gasteiger partial charge < -0.3 is 10.4 Å². The van der Waals surface area contributed by atoms with Gasteiger partial charge in [0.05, 0.1) is 17.5 Å². The molecule has 0 bridgehead atoms. The van der Waals surface area contributed by atoms with Crippen LogP contribution in [0.4, 0.5) is 5.69 Å². The second-order valence-electron chi connectivity index (χ2n) is 6.06. The predicted octanol–water partition coefficient (Wildman–Crippen LogP) is 2.89. The van der Waals surface area contributed by atoms with Crippen LogP contribution in [0.1, 0.15) is 42.4 Å². The number of rotatable bonds is 7. The fourth-order valence-corrected chi connectivity index (χ4v) is 2.56. The minimum atomic E-state index is -0.133. The summed E-state index contributed by atoms with van der Waals surface area (Å²) < 4.78 is 1.92. The molecule has 0 unspecified atom stereocenters. The van der Waals surface area contributed by atoms with E-state index in [0.717, 1.165) is 29.9 Å². The van der Waals surface area contributed by atoms with E-state index in [0.29, 0.717) is 17.9 Å². The van der Waals surface area contributed by atoms with Crippen molar-refractivity contribution in [3.63, 3.8) is 0 Å². The van der Waals surface area contributed by atoms with Crippen molar-refractivity contribution in [3.05, 3.63) is 47.3 Å². The molecule has 124 valence electrons. The van der Waals surface area contributed by atoms with Crippen LogP contribution in [-0.4, -0.2) is 27.4 Å². The lowest BCUT2D eigenvalue weighted by Gasteiger charge is -2.10. The van der Waals surface area contributed by atoms with Gasteiger partial charge in [-0.15, -0.1) is 0 Å². The third kappa shape index (κ3) is 4.42. The van der Waals surface area contributed by atoms with Crippen LogP contribution in [0, 0.1) is 5.92 Å². The molecule has 1 aromatic carbocycles. The van der Waals surface area contributed by atoms with E-state index in [4.69, 9.17) is 5.11 Å². The molecule has 1 aromatic heterocycles. The lowest BCUT2D eigenvalue weighted by Crippen LogP contribution is -2.15. The first-order chi connectivity index (χ1) is 11.0. The summed E-state index contributed by atoms with van der Waals surface area (Å²) in [6.45, 7) is 7.24. The molecule has 2 N–H and O–H groups in total. The van der Waals surface area contributed by atoms with Gasteiger partial charge >= 0.3 is 0 Å². The molecule has 0 fully saturated rings. The van der Waals surface area contributed by atoms with Crippen molar-refractivity contribution in [3.8, 4) is 0 Å². The Kier molecular flexibility index (Phi) is 5.93. The maximum Gasteiger partial charge on any atom is 0.259 e. The van der Waals surface area contributed by atoms with E-state index in [1.165, 1.54) is 0 Å². The number of benzene rings is 1. The second kappa shape index (κ2) is 7.92. The summed E-state index contributed by atoms with van der Waals surface area (Å²) in [6.07, 6.45) is 3.04. The van der Waals surface area contributed by atoms with Gasteiger partial charge in [0.2, 0.25) is 0 Å². The standard InChI is InChI=1S/C18H25N3O2/c1-4-17-16(11-19-21(17)12-13(2)3)18(23)20-15-7-5-14(6-8-15)9-10-22/h5-8,11,13,22H,4,9-10,12H2,1-3H3,(H,20,23). The number of anilines is 1. The van der Waals surface area contributed by atoms with Gasteiger partial charge in [-0.05, 0) is 36.5 Å². The molecule has 1 amide bonds. The van der Waals surface area contributed by atoms with Crippen molar-refractivity contribution in [2.75, 3.05) is 11.9 Å². The molecule has 0 spiro atoms. The van der Waals surface area contributed by atoms with Gasteiger partial charge in [0.25, 0.3) is 5.91 Å². The number of carbonyl (C=O) groups is 1. The molecule has 23 heavy (non-hydrogen) atoms. The summed E-state index contributed by atoms with van der Waals surface area (Å²) in [5.74, 6) is 0.349. The number of aliphatic hydroxyl groups excluding tert-OH is 1. The van der Waals surface area contributed by atoms with E-state index in [9.17, 15) is 4.79 Å². The van der Waals surface area contributed by atoms with Crippen LogP contribution in [0.5, 0.6) is 0 Å². The van der Waals surface area contributed by atoms with Gasteiger partial charge in [-0.3, -0.25) is 9.48 Å². The van der Waals surface area contributed by atoms with Crippen molar-refractivity contribution in [2.24, 2.45) is 5.92 Å². The summed E-state index contributed by atoms with van der Waals surface area (Å²) in [5.41, 5.74) is 3.39. The minimum absolute atomic E-state index is 0.126. The Labute approximate surface area is 137 Å². The number of amides is 1. The molecule has 2 rings (SSSR count). The van der Waals surface area contributed by atoms with Crippen molar-refractivity contribution < 1.29 is 9.90 Å². The summed E-state index contributed by atoms with van der Waals surface area (Å²) >= 11 is 0. The number of aliphatic hydroxyl groups is 1. The number of nitrogens with zero attached hydrogens (tertiary/aromatic N) is 2. The Hall–Kier alpha value is -2.14. The molecule has 5 nitrogen and oxygen atoms in total. The molecule has 0 radical (unpaired) electrons. The Bertz CT molecular complexity index is 645. The second-order valence-corrected chi connectivity index (χ2v) is 6.06. The molecular weight excluding hydrogens is 290 g/mol. The highest BCUT2D eigenvalue weighted by molar-refractivity contribution is 6.04. The predicted molar refractivity (Wildman–Crippen MR) is 91.6 cm³/mol. The zero-order valence-electron chi connectivity index (χ0n) is 14.0. The third-order valence-corrected chi connectivity index (χ3v) is 3.68. The maximum absolute atomic E-state index is 12.5. The molecule has 0 saturated heterocycles. The topological polar surface area (TPSA) is 67.2 Å². The average molecular weight is 315 g/mol. The SMILES string of the molecule is CCc1c(C(=O)Nc2ccc(CCO)cc2)cnn1CC(C)C. The number of carbonyl (C=O) groups excluding carboxylic acids is 1. The van der Waals surface area contributed by atoms with E-state index >= 15 is 0 Å². The van der Waals surface area contributed by atoms with Gasteiger partial charge in [0.15, 0.2) is 0 Å². The van der Waals surface area contributed by atoms with Crippen molar-refractivity contribution in [1.29, 1.82) is 0 Å². The highest BCUT2D eigenvalue weighted by Gasteiger charge is 2.16. The summed E-state index contributed by atoms with van der Waals surface area (Å²) in [6, 6.07) is 7.53. The van der Waals surface area contributed by atoms with Crippen LogP contribution in [0.2, 0.25) is 0 Å². The Balaban J connectivity index is 2.12. The van der Waals surface area contributed by atoms with Gasteiger partial charge in [0, 0.05) is 18.8 Å². The molecule has 0 aliphatic rings. The molecule has 5 heteroatoms. The van der Waals surface area contributed by atoms with Gasteiger partial charge in [-0.2, -0.15) is 5.10 Å². The van der Waals surface area contributed by atoms with E-state index in [1.54, 1.807) is 6.20 Å². The van der Waals surface area contributed by atoms with Crippen molar-refractivity contribution >= 4 is 11.6 Å². The normalized spacial score (nSPS) is 11.0. The Morgan fingerprint density at radius 3 is 2.57 bits per heavy atom. The highest BCUT2D eigenvalue weighted by Crippen LogP contribution is 2.16. The smallest absolute Gasteiger partial charge is 0.259 e. The van der Waals surface area contributed by atoms with Gasteiger partial charge in [-0.1, -0.05) is 32.9 Å². The molecule has 2 aromatic rings. The summed E-state index contributed by atoms with van der Waals surface area (Å²) in [4.78, 5) is 12.5. The van der Waals surface area contributed by atoms with Gasteiger partial charge in [-0.25, -0.2) is 0 Å². The van der Waals surface area contributed by atoms with E-state index < -0.39 is 0 Å². The molecule has 0 aliphatic carbocycles. The first-order valence-corrected chi connectivity index (χ1v) is 8.11. The number of nitrogens with one attached hydrogen (secondary N) is 1. The van der Waals surface area contributed by atoms with Crippen LogP contribution in [0.3, 0.4) is 0 Å². The highest BCUT2D eigenvalue weighted by atomic mass is 16.3. The third-order valence-electron chi connectivity index (χ3n) is 3.68. The molecule has 0 aliphatic heterocycles. The van der Waals surface area contributed by atoms with Crippen molar-refractivity contribution in [2.45, 2.75) is 40.2 Å². The summed E-state index contributed by atoms with van der Waals surface area (Å²) in [7, 11) is 0. The number of aromatic nitrogens is 2. The maximum atomic E-state index is 12.5. The summed E-state index contributed by atoms with van der Waals surface area (Å²) in [5, 5.41) is 16.2. The largest absolute Gasteiger partial charge is 0.396 e. The van der Waals surface area contributed by atoms with E-state index in [-0.39, 0.29) is 12.5 Å². The monoisotopic (exact) mass is 315 g/mol. The number of hydrogen-bond acceptors (Lipinski definition) is 3. The fourth-order valence-electron chi connectivity index (χ4n) is 2.56. The Morgan fingerprint density at radius 1 is 1.30 bits per heavy atom. The van der Waals surface area contributed by atoms with E-state index in [2.05, 4.69) is 24.3 Å². The van der Waals surface area contributed by atoms with Crippen LogP contribution < -0.4 is 5.32 Å². The first-order valence-electron chi connectivity index (χ1n) is 8.11. The molecule has 0 saturated carbocycles. The average Bonchev–Trinajstić information content (AvgIpc) is 2.91. The number of hydrogen-bond donors (Lipinski definition) is 2. The van der Waals surface area contributed by atoms with Gasteiger partial charge in [0.1, 0.15) is 0 Å². The molecule has 0 atom stereocenters. The Morgan fingerprint density at radius 2 is 2.00 bits per heavy atom. The quantitative estimate of drug-likeness (QED) is 0.825. The molecular formula is C18H25N3O2. The van der Waals surface area contributed by atoms with Crippen LogP contribution >= 0.6 is 0 Å². The zero-order chi connectivity index (χ0) is 16.8. The minimum Gasteiger partial charge on any atom is -0.396 e.